The molecule has 75 valence electrons. The molecule has 0 aromatic heterocycles. The molecule has 2 aromatic rings. The second-order valence-electron chi connectivity index (χ2n) is 3.10. The van der Waals surface area contributed by atoms with Gasteiger partial charge < -0.3 is 4.74 Å². The van der Waals surface area contributed by atoms with E-state index in [1.807, 2.05) is 24.3 Å². The molecule has 2 rings (SSSR count). The number of hydrogen-bond acceptors (Lipinski definition) is 1. The van der Waals surface area contributed by atoms with Crippen LogP contribution in [0.25, 0.3) is 11.1 Å². The standard InChI is InChI=1S/C13H10FO/c1-15-13-9-5-3-7-11(13)10-6-2-4-8-12(10)14/h2-7,9H,1H3. The molecule has 0 N–H and O–H groups in total. The number of benzene rings is 2. The summed E-state index contributed by atoms with van der Waals surface area (Å²) < 4.78 is 18.7. The van der Waals surface area contributed by atoms with Gasteiger partial charge in [0.2, 0.25) is 0 Å². The summed E-state index contributed by atoms with van der Waals surface area (Å²) in [7, 11) is 1.57. The molecule has 0 aliphatic heterocycles. The first kappa shape index (κ1) is 9.71. The fourth-order valence-corrected chi connectivity index (χ4v) is 1.49. The second-order valence-corrected chi connectivity index (χ2v) is 3.10. The summed E-state index contributed by atoms with van der Waals surface area (Å²) in [6.45, 7) is 0. The summed E-state index contributed by atoms with van der Waals surface area (Å²) in [4.78, 5) is 0. The highest BCUT2D eigenvalue weighted by Crippen LogP contribution is 2.30. The fourth-order valence-electron chi connectivity index (χ4n) is 1.49. The molecule has 0 aliphatic rings. The quantitative estimate of drug-likeness (QED) is 0.724. The van der Waals surface area contributed by atoms with Crippen molar-refractivity contribution in [1.82, 2.24) is 0 Å². The molecule has 0 aliphatic carbocycles. The van der Waals surface area contributed by atoms with Crippen LogP contribution >= 0.6 is 0 Å². The Hall–Kier alpha value is -1.83. The van der Waals surface area contributed by atoms with Crippen molar-refractivity contribution in [2.45, 2.75) is 0 Å². The Morgan fingerprint density at radius 2 is 1.80 bits per heavy atom. The first-order valence-corrected chi connectivity index (χ1v) is 4.62. The summed E-state index contributed by atoms with van der Waals surface area (Å²) in [6, 6.07) is 14.9. The van der Waals surface area contributed by atoms with Crippen molar-refractivity contribution in [3.05, 3.63) is 54.3 Å². The number of halogens is 1. The summed E-state index contributed by atoms with van der Waals surface area (Å²) in [5.74, 6) is 0.304. The van der Waals surface area contributed by atoms with E-state index in [9.17, 15) is 4.39 Å². The maximum atomic E-state index is 13.5. The van der Waals surface area contributed by atoms with Gasteiger partial charge in [0.25, 0.3) is 0 Å². The highest BCUT2D eigenvalue weighted by Gasteiger charge is 2.08. The van der Waals surface area contributed by atoms with Gasteiger partial charge >= 0.3 is 0 Å². The zero-order chi connectivity index (χ0) is 10.7. The minimum atomic E-state index is -0.359. The van der Waals surface area contributed by atoms with Crippen LogP contribution in [-0.4, -0.2) is 7.11 Å². The lowest BCUT2D eigenvalue weighted by atomic mass is 10.0. The molecule has 0 saturated heterocycles. The fraction of sp³-hybridized carbons (Fsp3) is 0.0769. The normalized spacial score (nSPS) is 10.0. The Balaban J connectivity index is 2.59. The Bertz CT molecular complexity index is 466. The van der Waals surface area contributed by atoms with Crippen molar-refractivity contribution in [3.8, 4) is 16.9 Å². The van der Waals surface area contributed by atoms with Crippen molar-refractivity contribution in [2.24, 2.45) is 0 Å². The molecule has 0 fully saturated rings. The van der Waals surface area contributed by atoms with Gasteiger partial charge in [-0.15, -0.1) is 0 Å². The van der Waals surface area contributed by atoms with Gasteiger partial charge in [-0.3, -0.25) is 0 Å². The van der Waals surface area contributed by atoms with E-state index in [-0.39, 0.29) is 5.82 Å². The average Bonchev–Trinajstić information content (AvgIpc) is 2.30. The van der Waals surface area contributed by atoms with Crippen LogP contribution in [-0.2, 0) is 0 Å². The Kier molecular flexibility index (Phi) is 2.68. The summed E-state index contributed by atoms with van der Waals surface area (Å²) >= 11 is 0. The van der Waals surface area contributed by atoms with Gasteiger partial charge in [0.1, 0.15) is 11.6 Å². The molecule has 2 heteroatoms. The number of para-hydroxylation sites is 1. The molecule has 1 nitrogen and oxygen atoms in total. The highest BCUT2D eigenvalue weighted by atomic mass is 19.1. The van der Waals surface area contributed by atoms with Gasteiger partial charge in [-0.05, 0) is 6.07 Å². The highest BCUT2D eigenvalue weighted by molar-refractivity contribution is 5.70. The lowest BCUT2D eigenvalue weighted by Crippen LogP contribution is -1.89. The third-order valence-corrected chi connectivity index (χ3v) is 2.20. The van der Waals surface area contributed by atoms with E-state index >= 15 is 0 Å². The van der Waals surface area contributed by atoms with Gasteiger partial charge in [-0.1, -0.05) is 36.4 Å². The molecule has 0 amide bonds. The van der Waals surface area contributed by atoms with E-state index in [4.69, 9.17) is 4.74 Å². The van der Waals surface area contributed by atoms with Crippen LogP contribution in [0.4, 0.5) is 4.39 Å². The maximum absolute atomic E-state index is 13.5. The molecular formula is C13H10FO. The Labute approximate surface area is 88.1 Å². The Morgan fingerprint density at radius 1 is 1.07 bits per heavy atom. The van der Waals surface area contributed by atoms with E-state index in [2.05, 4.69) is 6.07 Å². The molecule has 0 spiro atoms. The van der Waals surface area contributed by atoms with Crippen molar-refractivity contribution in [3.63, 3.8) is 0 Å². The third kappa shape index (κ3) is 1.84. The summed E-state index contributed by atoms with van der Waals surface area (Å²) in [5, 5.41) is 0. The zero-order valence-electron chi connectivity index (χ0n) is 8.33. The first-order chi connectivity index (χ1) is 7.33. The van der Waals surface area contributed by atoms with E-state index in [1.54, 1.807) is 25.3 Å². The van der Waals surface area contributed by atoms with Crippen molar-refractivity contribution in [1.29, 1.82) is 0 Å². The first-order valence-electron chi connectivity index (χ1n) is 4.62. The van der Waals surface area contributed by atoms with Crippen LogP contribution < -0.4 is 4.74 Å². The second kappa shape index (κ2) is 4.13. The lowest BCUT2D eigenvalue weighted by molar-refractivity contribution is 0.416. The molecule has 0 unspecified atom stereocenters. The number of methoxy groups -OCH3 is 1. The topological polar surface area (TPSA) is 9.23 Å². The molecule has 0 atom stereocenters. The van der Waals surface area contributed by atoms with Crippen molar-refractivity contribution >= 4 is 0 Å². The van der Waals surface area contributed by atoms with E-state index in [1.165, 1.54) is 0 Å². The molecule has 1 radical (unpaired) electrons. The van der Waals surface area contributed by atoms with Crippen LogP contribution in [0.2, 0.25) is 0 Å². The van der Waals surface area contributed by atoms with Crippen molar-refractivity contribution in [2.75, 3.05) is 7.11 Å². The number of rotatable bonds is 2. The monoisotopic (exact) mass is 201 g/mol. The maximum Gasteiger partial charge on any atom is 0.139 e. The van der Waals surface area contributed by atoms with Crippen LogP contribution in [0.1, 0.15) is 0 Å². The van der Waals surface area contributed by atoms with Crippen molar-refractivity contribution < 1.29 is 9.13 Å². The molecule has 0 saturated carbocycles. The SMILES string of the molecule is COc1ccccc1-c1ccc[c]c1F. The smallest absolute Gasteiger partial charge is 0.139 e. The van der Waals surface area contributed by atoms with E-state index in [0.29, 0.717) is 11.3 Å². The van der Waals surface area contributed by atoms with Gasteiger partial charge in [0.15, 0.2) is 0 Å². The predicted octanol–water partition coefficient (Wildman–Crippen LogP) is 3.30. The number of hydrogen-bond donors (Lipinski definition) is 0. The van der Waals surface area contributed by atoms with Crippen LogP contribution in [0.15, 0.2) is 42.5 Å². The Morgan fingerprint density at radius 3 is 2.53 bits per heavy atom. The third-order valence-electron chi connectivity index (χ3n) is 2.20. The van der Waals surface area contributed by atoms with Gasteiger partial charge in [0.05, 0.1) is 7.11 Å². The average molecular weight is 201 g/mol. The largest absolute Gasteiger partial charge is 0.496 e. The van der Waals surface area contributed by atoms with Gasteiger partial charge in [0, 0.05) is 17.2 Å². The lowest BCUT2D eigenvalue weighted by Gasteiger charge is -2.08. The molecular weight excluding hydrogens is 191 g/mol. The van der Waals surface area contributed by atoms with E-state index < -0.39 is 0 Å². The predicted molar refractivity (Wildman–Crippen MR) is 57.2 cm³/mol. The minimum Gasteiger partial charge on any atom is -0.496 e. The van der Waals surface area contributed by atoms with Gasteiger partial charge in [-0.25, -0.2) is 4.39 Å². The molecule has 2 aromatic carbocycles. The molecule has 0 heterocycles. The number of ether oxygens (including phenoxy) is 1. The minimum absolute atomic E-state index is 0.359. The van der Waals surface area contributed by atoms with E-state index in [0.717, 1.165) is 5.56 Å². The van der Waals surface area contributed by atoms with Crippen LogP contribution in [0.3, 0.4) is 0 Å². The summed E-state index contributed by atoms with van der Waals surface area (Å²) in [6.07, 6.45) is 0. The summed E-state index contributed by atoms with van der Waals surface area (Å²) in [5.41, 5.74) is 1.25. The van der Waals surface area contributed by atoms with Crippen LogP contribution in [0, 0.1) is 11.9 Å². The zero-order valence-corrected chi connectivity index (χ0v) is 8.33. The molecule has 15 heavy (non-hydrogen) atoms. The molecule has 0 bridgehead atoms. The van der Waals surface area contributed by atoms with Gasteiger partial charge in [-0.2, -0.15) is 0 Å². The van der Waals surface area contributed by atoms with Crippen LogP contribution in [0.5, 0.6) is 5.75 Å².